The molecule has 0 aliphatic heterocycles. The van der Waals surface area contributed by atoms with E-state index in [1.54, 1.807) is 6.07 Å². The summed E-state index contributed by atoms with van der Waals surface area (Å²) in [6, 6.07) is 41.2. The van der Waals surface area contributed by atoms with Crippen LogP contribution in [0.5, 0.6) is 0 Å². The summed E-state index contributed by atoms with van der Waals surface area (Å²) in [6.45, 7) is -0.0732. The van der Waals surface area contributed by atoms with Gasteiger partial charge in [0, 0.05) is 5.56 Å². The first kappa shape index (κ1) is 19.2. The average molecular weight is 394 g/mol. The van der Waals surface area contributed by atoms with Gasteiger partial charge >= 0.3 is 0 Å². The van der Waals surface area contributed by atoms with Crippen LogP contribution in [0.4, 0.5) is 0 Å². The maximum Gasteiger partial charge on any atom is 0.186 e. The zero-order valence-electron chi connectivity index (χ0n) is 16.4. The van der Waals surface area contributed by atoms with Crippen molar-refractivity contribution in [3.63, 3.8) is 0 Å². The van der Waals surface area contributed by atoms with Gasteiger partial charge in [0.2, 0.25) is 0 Å². The van der Waals surface area contributed by atoms with Crippen LogP contribution in [0.25, 0.3) is 0 Å². The Morgan fingerprint density at radius 3 is 1.28 bits per heavy atom. The molecule has 4 aromatic carbocycles. The molecule has 4 aromatic rings. The maximum atomic E-state index is 13.0. The van der Waals surface area contributed by atoms with E-state index < -0.39 is 6.89 Å². The van der Waals surface area contributed by atoms with Gasteiger partial charge in [-0.05, 0) is 41.1 Å². The van der Waals surface area contributed by atoms with Crippen LogP contribution in [0.3, 0.4) is 0 Å². The quantitative estimate of drug-likeness (QED) is 0.463. The topological polar surface area (TPSA) is 17.1 Å². The van der Waals surface area contributed by atoms with Crippen LogP contribution in [0, 0.1) is 0 Å². The van der Waals surface area contributed by atoms with E-state index in [1.165, 1.54) is 15.9 Å². The Morgan fingerprint density at radius 1 is 0.517 bits per heavy atom. The lowest BCUT2D eigenvalue weighted by molar-refractivity contribution is 1.61. The molecule has 0 bridgehead atoms. The van der Waals surface area contributed by atoms with Crippen LogP contribution in [0.2, 0.25) is 0 Å². The Morgan fingerprint density at radius 2 is 0.862 bits per heavy atom. The molecule has 0 heterocycles. The van der Waals surface area contributed by atoms with Gasteiger partial charge in [-0.3, -0.25) is 4.79 Å². The van der Waals surface area contributed by atoms with Crippen molar-refractivity contribution < 1.29 is 0 Å². The maximum absolute atomic E-state index is 13.0. The van der Waals surface area contributed by atoms with Gasteiger partial charge in [-0.2, -0.15) is 0 Å². The third kappa shape index (κ3) is 3.50. The van der Waals surface area contributed by atoms with E-state index in [0.717, 1.165) is 10.9 Å². The SMILES string of the molecule is CC(c1cccccc1=O)=P(c1ccccc1)(c1ccccc1)c1ccccc1. The molecule has 0 aromatic heterocycles. The molecule has 29 heavy (non-hydrogen) atoms. The van der Waals surface area contributed by atoms with Gasteiger partial charge in [0.15, 0.2) is 5.43 Å². The minimum atomic E-state index is -2.21. The highest BCUT2D eigenvalue weighted by Gasteiger charge is 2.28. The number of hydrogen-bond donors (Lipinski definition) is 0. The van der Waals surface area contributed by atoms with Crippen LogP contribution < -0.4 is 21.3 Å². The van der Waals surface area contributed by atoms with Crippen LogP contribution >= 0.6 is 6.89 Å². The molecule has 0 spiro atoms. The van der Waals surface area contributed by atoms with Gasteiger partial charge in [-0.15, -0.1) is 0 Å². The summed E-state index contributed by atoms with van der Waals surface area (Å²) in [7, 11) is 0. The Kier molecular flexibility index (Phi) is 5.60. The summed E-state index contributed by atoms with van der Waals surface area (Å²) in [5, 5.41) is 4.88. The van der Waals surface area contributed by atoms with Gasteiger partial charge in [0.05, 0.1) is 0 Å². The zero-order chi connectivity index (χ0) is 20.1. The second-order valence-corrected chi connectivity index (χ2v) is 10.5. The van der Waals surface area contributed by atoms with E-state index in [1.807, 2.05) is 42.5 Å². The zero-order valence-corrected chi connectivity index (χ0v) is 17.3. The van der Waals surface area contributed by atoms with E-state index in [0.29, 0.717) is 0 Å². The molecule has 0 fully saturated rings. The fourth-order valence-electron chi connectivity index (χ4n) is 3.99. The Balaban J connectivity index is 2.27. The first-order valence-corrected chi connectivity index (χ1v) is 11.5. The van der Waals surface area contributed by atoms with Crippen LogP contribution in [0.15, 0.2) is 126 Å². The molecule has 142 valence electrons. The lowest BCUT2D eigenvalue weighted by atomic mass is 10.2. The largest absolute Gasteiger partial charge is 0.289 e. The second-order valence-electron chi connectivity index (χ2n) is 6.95. The fourth-order valence-corrected chi connectivity index (χ4v) is 8.45. The highest BCUT2D eigenvalue weighted by Crippen LogP contribution is 2.47. The fraction of sp³-hybridized carbons (Fsp3) is 0.0370. The van der Waals surface area contributed by atoms with E-state index in [-0.39, 0.29) is 5.43 Å². The molecule has 0 radical (unpaired) electrons. The summed E-state index contributed by atoms with van der Waals surface area (Å²) in [5.74, 6) is 0. The van der Waals surface area contributed by atoms with Crippen LogP contribution in [0.1, 0.15) is 12.5 Å². The molecule has 0 atom stereocenters. The standard InChI is InChI=1S/C27H23OP/c1-22(26-20-12-5-13-21-27(26)28)29(23-14-6-2-7-15-23,24-16-8-3-9-17-24)25-18-10-4-11-19-25/h2-21H,1H3. The first-order chi connectivity index (χ1) is 14.2. The smallest absolute Gasteiger partial charge is 0.186 e. The minimum absolute atomic E-state index is 0.0552. The van der Waals surface area contributed by atoms with Crippen molar-refractivity contribution >= 4 is 28.1 Å². The van der Waals surface area contributed by atoms with Crippen molar-refractivity contribution in [3.8, 4) is 0 Å². The molecular formula is C27H23OP. The highest BCUT2D eigenvalue weighted by molar-refractivity contribution is 7.95. The van der Waals surface area contributed by atoms with E-state index in [2.05, 4.69) is 79.7 Å². The normalized spacial score (nSPS) is 11.1. The average Bonchev–Trinajstić information content (AvgIpc) is 3.01. The first-order valence-electron chi connectivity index (χ1n) is 9.74. The van der Waals surface area contributed by atoms with Crippen molar-refractivity contribution in [1.82, 2.24) is 0 Å². The van der Waals surface area contributed by atoms with E-state index in [4.69, 9.17) is 0 Å². The van der Waals surface area contributed by atoms with Gasteiger partial charge in [0.1, 0.15) is 0 Å². The molecule has 4 rings (SSSR count). The van der Waals surface area contributed by atoms with Crippen molar-refractivity contribution in [2.24, 2.45) is 0 Å². The Labute approximate surface area is 172 Å². The number of benzene rings is 3. The van der Waals surface area contributed by atoms with Gasteiger partial charge in [-0.1, -0.05) is 115 Å². The molecule has 2 heteroatoms. The number of hydrogen-bond acceptors (Lipinski definition) is 1. The minimum Gasteiger partial charge on any atom is -0.289 e. The highest BCUT2D eigenvalue weighted by atomic mass is 31.2. The molecule has 0 aliphatic carbocycles. The molecule has 0 amide bonds. The molecule has 0 saturated carbocycles. The van der Waals surface area contributed by atoms with Gasteiger partial charge < -0.3 is 0 Å². The molecule has 0 N–H and O–H groups in total. The second kappa shape index (κ2) is 8.47. The predicted molar refractivity (Wildman–Crippen MR) is 128 cm³/mol. The van der Waals surface area contributed by atoms with Crippen LogP contribution in [-0.4, -0.2) is 5.29 Å². The van der Waals surface area contributed by atoms with Crippen LogP contribution in [-0.2, 0) is 0 Å². The molecule has 0 unspecified atom stereocenters. The van der Waals surface area contributed by atoms with Gasteiger partial charge in [-0.25, -0.2) is 0 Å². The lowest BCUT2D eigenvalue weighted by Crippen LogP contribution is -2.31. The van der Waals surface area contributed by atoms with Gasteiger partial charge in [0.25, 0.3) is 0 Å². The summed E-state index contributed by atoms with van der Waals surface area (Å²) in [6.07, 6.45) is 0. The molecule has 0 aliphatic rings. The third-order valence-electron chi connectivity index (χ3n) is 5.32. The Bertz CT molecular complexity index is 1110. The summed E-state index contributed by atoms with van der Waals surface area (Å²) >= 11 is 0. The molecule has 1 nitrogen and oxygen atoms in total. The molecular weight excluding hydrogens is 371 g/mol. The summed E-state index contributed by atoms with van der Waals surface area (Å²) in [5.41, 5.74) is 0.833. The predicted octanol–water partition coefficient (Wildman–Crippen LogP) is 4.58. The summed E-state index contributed by atoms with van der Waals surface area (Å²) in [4.78, 5) is 13.0. The summed E-state index contributed by atoms with van der Waals surface area (Å²) < 4.78 is 0. The molecule has 0 saturated heterocycles. The Hall–Kier alpha value is -3.15. The number of rotatable bonds is 4. The van der Waals surface area contributed by atoms with Crippen molar-refractivity contribution in [2.75, 3.05) is 0 Å². The van der Waals surface area contributed by atoms with Crippen molar-refractivity contribution in [3.05, 3.63) is 137 Å². The monoisotopic (exact) mass is 394 g/mol. The van der Waals surface area contributed by atoms with E-state index >= 15 is 0 Å². The lowest BCUT2D eigenvalue weighted by Gasteiger charge is -2.31. The third-order valence-corrected chi connectivity index (χ3v) is 9.79. The van der Waals surface area contributed by atoms with Crippen molar-refractivity contribution in [2.45, 2.75) is 6.92 Å². The van der Waals surface area contributed by atoms with E-state index in [9.17, 15) is 4.79 Å². The van der Waals surface area contributed by atoms with Crippen molar-refractivity contribution in [1.29, 1.82) is 0 Å².